The van der Waals surface area contributed by atoms with Crippen LogP contribution in [0.2, 0.25) is 0 Å². The van der Waals surface area contributed by atoms with Crippen LogP contribution in [0.3, 0.4) is 0 Å². The highest BCUT2D eigenvalue weighted by atomic mass is 32.2. The van der Waals surface area contributed by atoms with E-state index in [1.807, 2.05) is 18.7 Å². The molecule has 4 heteroatoms. The van der Waals surface area contributed by atoms with Gasteiger partial charge in [-0.15, -0.1) is 0 Å². The van der Waals surface area contributed by atoms with Crippen molar-refractivity contribution in [3.63, 3.8) is 0 Å². The van der Waals surface area contributed by atoms with Gasteiger partial charge in [0, 0.05) is 41.3 Å². The molecule has 1 atom stereocenters. The van der Waals surface area contributed by atoms with Gasteiger partial charge in [-0.05, 0) is 6.42 Å². The zero-order chi connectivity index (χ0) is 9.84. The largest absolute Gasteiger partial charge is 0.341 e. The van der Waals surface area contributed by atoms with Crippen molar-refractivity contribution in [2.24, 2.45) is 5.92 Å². The second-order valence-corrected chi connectivity index (χ2v) is 5.18. The minimum atomic E-state index is -0.687. The van der Waals surface area contributed by atoms with Crippen LogP contribution < -0.4 is 0 Å². The van der Waals surface area contributed by atoms with Gasteiger partial charge in [0.2, 0.25) is 5.91 Å². The van der Waals surface area contributed by atoms with Crippen LogP contribution >= 0.6 is 0 Å². The lowest BCUT2D eigenvalue weighted by Gasteiger charge is -2.28. The van der Waals surface area contributed by atoms with E-state index in [4.69, 9.17) is 0 Å². The molecule has 0 spiro atoms. The number of nitrogens with zero attached hydrogens (tertiary/aromatic N) is 1. The van der Waals surface area contributed by atoms with Gasteiger partial charge in [-0.1, -0.05) is 13.8 Å². The summed E-state index contributed by atoms with van der Waals surface area (Å²) in [5.41, 5.74) is 0. The highest BCUT2D eigenvalue weighted by molar-refractivity contribution is 7.85. The van der Waals surface area contributed by atoms with Crippen molar-refractivity contribution in [3.05, 3.63) is 0 Å². The second-order valence-electron chi connectivity index (χ2n) is 3.48. The summed E-state index contributed by atoms with van der Waals surface area (Å²) in [6.45, 7) is 5.32. The Hall–Kier alpha value is -0.380. The molecule has 0 N–H and O–H groups in total. The quantitative estimate of drug-likeness (QED) is 0.660. The van der Waals surface area contributed by atoms with E-state index in [0.29, 0.717) is 24.6 Å². The first kappa shape index (κ1) is 10.7. The minimum absolute atomic E-state index is 0.117. The number of carbonyl (C=O) groups is 1. The summed E-state index contributed by atoms with van der Waals surface area (Å²) in [7, 11) is -0.687. The highest BCUT2D eigenvalue weighted by Crippen LogP contribution is 2.09. The number of rotatable bonds is 2. The fourth-order valence-electron chi connectivity index (χ4n) is 1.34. The molecule has 76 valence electrons. The van der Waals surface area contributed by atoms with Crippen molar-refractivity contribution in [1.29, 1.82) is 0 Å². The molecule has 0 saturated carbocycles. The van der Waals surface area contributed by atoms with E-state index in [0.717, 1.165) is 6.42 Å². The lowest BCUT2D eigenvalue weighted by Crippen LogP contribution is -2.43. The molecule has 3 nitrogen and oxygen atoms in total. The number of hydrogen-bond donors (Lipinski definition) is 0. The van der Waals surface area contributed by atoms with Gasteiger partial charge >= 0.3 is 0 Å². The molecule has 1 heterocycles. The van der Waals surface area contributed by atoms with Gasteiger partial charge in [-0.25, -0.2) is 0 Å². The third-order valence-electron chi connectivity index (χ3n) is 2.52. The predicted octanol–water partition coefficient (Wildman–Crippen LogP) is 0.623. The molecule has 1 aliphatic heterocycles. The fraction of sp³-hybridized carbons (Fsp3) is 0.889. The maximum atomic E-state index is 11.7. The normalized spacial score (nSPS) is 21.5. The summed E-state index contributed by atoms with van der Waals surface area (Å²) in [4.78, 5) is 13.5. The number of hydrogen-bond acceptors (Lipinski definition) is 2. The molecule has 1 aliphatic rings. The van der Waals surface area contributed by atoms with Gasteiger partial charge < -0.3 is 4.90 Å². The predicted molar refractivity (Wildman–Crippen MR) is 53.9 cm³/mol. The molecule has 1 amide bonds. The topological polar surface area (TPSA) is 37.4 Å². The molecule has 0 aliphatic carbocycles. The summed E-state index contributed by atoms with van der Waals surface area (Å²) >= 11 is 0. The third-order valence-corrected chi connectivity index (χ3v) is 3.80. The maximum Gasteiger partial charge on any atom is 0.225 e. The maximum absolute atomic E-state index is 11.7. The molecule has 0 bridgehead atoms. The van der Waals surface area contributed by atoms with E-state index in [1.54, 1.807) is 0 Å². The van der Waals surface area contributed by atoms with Gasteiger partial charge in [-0.3, -0.25) is 9.00 Å². The van der Waals surface area contributed by atoms with Crippen LogP contribution in [-0.4, -0.2) is 39.6 Å². The van der Waals surface area contributed by atoms with Crippen LogP contribution in [0.15, 0.2) is 0 Å². The minimum Gasteiger partial charge on any atom is -0.341 e. The lowest BCUT2D eigenvalue weighted by molar-refractivity contribution is -0.134. The average Bonchev–Trinajstić information content (AvgIpc) is 2.17. The van der Waals surface area contributed by atoms with Crippen molar-refractivity contribution in [2.45, 2.75) is 20.3 Å². The van der Waals surface area contributed by atoms with Gasteiger partial charge in [0.15, 0.2) is 0 Å². The summed E-state index contributed by atoms with van der Waals surface area (Å²) < 4.78 is 11.0. The van der Waals surface area contributed by atoms with Crippen molar-refractivity contribution >= 4 is 16.7 Å². The van der Waals surface area contributed by atoms with E-state index in [2.05, 4.69) is 0 Å². The Morgan fingerprint density at radius 1 is 1.46 bits per heavy atom. The van der Waals surface area contributed by atoms with Crippen LogP contribution in [0.5, 0.6) is 0 Å². The van der Waals surface area contributed by atoms with Gasteiger partial charge in [0.25, 0.3) is 0 Å². The fourth-order valence-corrected chi connectivity index (χ4v) is 2.40. The van der Waals surface area contributed by atoms with Crippen LogP contribution in [0, 0.1) is 5.92 Å². The summed E-state index contributed by atoms with van der Waals surface area (Å²) in [6, 6.07) is 0. The molecule has 13 heavy (non-hydrogen) atoms. The SMILES string of the molecule is CCC(C)C(=O)N1CCS(=O)CC1. The second kappa shape index (κ2) is 4.74. The number of amides is 1. The Balaban J connectivity index is 2.44. The standard InChI is InChI=1S/C9H17NO2S/c1-3-8(2)9(11)10-4-6-13(12)7-5-10/h8H,3-7H2,1-2H3. The van der Waals surface area contributed by atoms with E-state index in [9.17, 15) is 9.00 Å². The van der Waals surface area contributed by atoms with E-state index in [-0.39, 0.29) is 11.8 Å². The molecule has 1 rings (SSSR count). The molecule has 1 fully saturated rings. The van der Waals surface area contributed by atoms with Crippen LogP contribution in [0.25, 0.3) is 0 Å². The molecule has 0 aromatic carbocycles. The van der Waals surface area contributed by atoms with E-state index >= 15 is 0 Å². The zero-order valence-corrected chi connectivity index (χ0v) is 9.10. The molecule has 1 unspecified atom stereocenters. The molecule has 0 aromatic heterocycles. The van der Waals surface area contributed by atoms with Crippen molar-refractivity contribution < 1.29 is 9.00 Å². The first-order valence-corrected chi connectivity index (χ1v) is 6.27. The Morgan fingerprint density at radius 2 is 2.00 bits per heavy atom. The molecule has 1 saturated heterocycles. The van der Waals surface area contributed by atoms with E-state index in [1.165, 1.54) is 0 Å². The van der Waals surface area contributed by atoms with Crippen LogP contribution in [-0.2, 0) is 15.6 Å². The highest BCUT2D eigenvalue weighted by Gasteiger charge is 2.22. The summed E-state index contributed by atoms with van der Waals surface area (Å²) in [6.07, 6.45) is 0.887. The Morgan fingerprint density at radius 3 is 2.46 bits per heavy atom. The summed E-state index contributed by atoms with van der Waals surface area (Å²) in [5.74, 6) is 1.65. The van der Waals surface area contributed by atoms with Crippen molar-refractivity contribution in [1.82, 2.24) is 4.90 Å². The average molecular weight is 203 g/mol. The van der Waals surface area contributed by atoms with Gasteiger partial charge in [0.05, 0.1) is 0 Å². The smallest absolute Gasteiger partial charge is 0.225 e. The monoisotopic (exact) mass is 203 g/mol. The van der Waals surface area contributed by atoms with Gasteiger partial charge in [0.1, 0.15) is 0 Å². The molecular weight excluding hydrogens is 186 g/mol. The summed E-state index contributed by atoms with van der Waals surface area (Å²) in [5, 5.41) is 0. The number of carbonyl (C=O) groups excluding carboxylic acids is 1. The Bertz CT molecular complexity index is 208. The first-order chi connectivity index (χ1) is 6.15. The van der Waals surface area contributed by atoms with E-state index < -0.39 is 10.8 Å². The Kier molecular flexibility index (Phi) is 3.90. The van der Waals surface area contributed by atoms with Crippen LogP contribution in [0.4, 0.5) is 0 Å². The van der Waals surface area contributed by atoms with Crippen LogP contribution in [0.1, 0.15) is 20.3 Å². The molecule has 0 radical (unpaired) electrons. The Labute approximate surface area is 81.9 Å². The lowest BCUT2D eigenvalue weighted by atomic mass is 10.1. The van der Waals surface area contributed by atoms with Crippen molar-refractivity contribution in [2.75, 3.05) is 24.6 Å². The van der Waals surface area contributed by atoms with Crippen molar-refractivity contribution in [3.8, 4) is 0 Å². The van der Waals surface area contributed by atoms with Gasteiger partial charge in [-0.2, -0.15) is 0 Å². The third kappa shape index (κ3) is 2.79. The zero-order valence-electron chi connectivity index (χ0n) is 8.28. The molecule has 0 aromatic rings. The molecular formula is C9H17NO2S. The first-order valence-electron chi connectivity index (χ1n) is 4.79.